The Morgan fingerprint density at radius 3 is 2.65 bits per heavy atom. The van der Waals surface area contributed by atoms with Gasteiger partial charge in [0.25, 0.3) is 15.7 Å². The standard InChI is InChI=1S/C16H13ClN4O4S/c17-13-9-18-20(11-13)10-12-3-1-4-14(7-12)19-26(24,25)16-6-2-5-15(8-16)21(22)23/h1-9,11,19H,10H2. The number of nitrogens with one attached hydrogen (secondary N) is 1. The van der Waals surface area contributed by atoms with Gasteiger partial charge in [0, 0.05) is 24.0 Å². The number of benzene rings is 2. The second-order valence-corrected chi connectivity index (χ2v) is 7.54. The predicted octanol–water partition coefficient (Wildman–Crippen LogP) is 3.29. The van der Waals surface area contributed by atoms with Crippen LogP contribution in [0.5, 0.6) is 0 Å². The predicted molar refractivity (Wildman–Crippen MR) is 96.7 cm³/mol. The van der Waals surface area contributed by atoms with E-state index >= 15 is 0 Å². The molecule has 0 unspecified atom stereocenters. The third-order valence-corrected chi connectivity index (χ3v) is 5.04. The normalized spacial score (nSPS) is 11.3. The number of nitro benzene ring substituents is 1. The molecule has 26 heavy (non-hydrogen) atoms. The molecule has 134 valence electrons. The van der Waals surface area contributed by atoms with Gasteiger partial charge in [-0.05, 0) is 23.8 Å². The van der Waals surface area contributed by atoms with Crippen molar-refractivity contribution in [1.82, 2.24) is 9.78 Å². The van der Waals surface area contributed by atoms with Crippen LogP contribution in [0.1, 0.15) is 5.56 Å². The van der Waals surface area contributed by atoms with Crippen LogP contribution in [0, 0.1) is 10.1 Å². The lowest BCUT2D eigenvalue weighted by Crippen LogP contribution is -2.13. The van der Waals surface area contributed by atoms with E-state index in [0.29, 0.717) is 17.3 Å². The fourth-order valence-corrected chi connectivity index (χ4v) is 3.57. The third-order valence-electron chi connectivity index (χ3n) is 3.46. The van der Waals surface area contributed by atoms with Crippen LogP contribution < -0.4 is 4.72 Å². The highest BCUT2D eigenvalue weighted by Crippen LogP contribution is 2.21. The summed E-state index contributed by atoms with van der Waals surface area (Å²) in [6, 6.07) is 11.6. The highest BCUT2D eigenvalue weighted by Gasteiger charge is 2.18. The van der Waals surface area contributed by atoms with Gasteiger partial charge >= 0.3 is 0 Å². The van der Waals surface area contributed by atoms with E-state index in [1.54, 1.807) is 29.1 Å². The van der Waals surface area contributed by atoms with Crippen molar-refractivity contribution in [2.45, 2.75) is 11.4 Å². The molecule has 3 rings (SSSR count). The largest absolute Gasteiger partial charge is 0.280 e. The second kappa shape index (κ2) is 7.14. The second-order valence-electron chi connectivity index (χ2n) is 5.42. The van der Waals surface area contributed by atoms with Gasteiger partial charge in [0.1, 0.15) is 0 Å². The molecule has 0 aliphatic rings. The van der Waals surface area contributed by atoms with E-state index in [1.165, 1.54) is 24.4 Å². The third kappa shape index (κ3) is 4.19. The summed E-state index contributed by atoms with van der Waals surface area (Å²) in [5.74, 6) is 0. The Hall–Kier alpha value is -2.91. The Labute approximate surface area is 154 Å². The number of aromatic nitrogens is 2. The minimum Gasteiger partial charge on any atom is -0.280 e. The zero-order chi connectivity index (χ0) is 18.7. The number of rotatable bonds is 6. The zero-order valence-electron chi connectivity index (χ0n) is 13.2. The van der Waals surface area contributed by atoms with Gasteiger partial charge in [-0.15, -0.1) is 0 Å². The van der Waals surface area contributed by atoms with E-state index in [9.17, 15) is 18.5 Å². The molecule has 0 amide bonds. The molecule has 3 aromatic rings. The molecule has 1 heterocycles. The van der Waals surface area contributed by atoms with Crippen molar-refractivity contribution in [2.75, 3.05) is 4.72 Å². The van der Waals surface area contributed by atoms with Crippen molar-refractivity contribution in [2.24, 2.45) is 0 Å². The molecule has 0 saturated heterocycles. The Morgan fingerprint density at radius 2 is 1.96 bits per heavy atom. The number of anilines is 1. The summed E-state index contributed by atoms with van der Waals surface area (Å²) in [6.45, 7) is 0.416. The van der Waals surface area contributed by atoms with Crippen LogP contribution in [-0.4, -0.2) is 23.1 Å². The molecular weight excluding hydrogens is 380 g/mol. The van der Waals surface area contributed by atoms with Crippen molar-refractivity contribution >= 4 is 33.0 Å². The Balaban J connectivity index is 1.82. The molecule has 0 aliphatic carbocycles. The number of hydrogen-bond donors (Lipinski definition) is 1. The first kappa shape index (κ1) is 17.9. The van der Waals surface area contributed by atoms with Gasteiger partial charge in [-0.1, -0.05) is 29.8 Å². The maximum atomic E-state index is 12.5. The fourth-order valence-electron chi connectivity index (χ4n) is 2.32. The number of nitrogens with zero attached hydrogens (tertiary/aromatic N) is 3. The number of sulfonamides is 1. The van der Waals surface area contributed by atoms with E-state index in [4.69, 9.17) is 11.6 Å². The summed E-state index contributed by atoms with van der Waals surface area (Å²) in [6.07, 6.45) is 3.16. The highest BCUT2D eigenvalue weighted by atomic mass is 35.5. The minimum absolute atomic E-state index is 0.184. The monoisotopic (exact) mass is 392 g/mol. The molecule has 1 N–H and O–H groups in total. The number of non-ortho nitro benzene ring substituents is 1. The molecule has 0 atom stereocenters. The quantitative estimate of drug-likeness (QED) is 0.511. The molecule has 10 heteroatoms. The first-order valence-corrected chi connectivity index (χ1v) is 9.24. The smallest absolute Gasteiger partial charge is 0.270 e. The Kier molecular flexibility index (Phi) is 4.92. The molecule has 0 saturated carbocycles. The van der Waals surface area contributed by atoms with Gasteiger partial charge in [0.15, 0.2) is 0 Å². The number of nitro groups is 1. The molecule has 0 fully saturated rings. The first-order valence-electron chi connectivity index (χ1n) is 7.38. The van der Waals surface area contributed by atoms with E-state index in [-0.39, 0.29) is 10.6 Å². The molecule has 0 spiro atoms. The first-order chi connectivity index (χ1) is 12.3. The van der Waals surface area contributed by atoms with E-state index in [0.717, 1.165) is 11.6 Å². The van der Waals surface area contributed by atoms with E-state index < -0.39 is 14.9 Å². The maximum Gasteiger partial charge on any atom is 0.270 e. The maximum absolute atomic E-state index is 12.5. The molecule has 1 aromatic heterocycles. The molecule has 0 radical (unpaired) electrons. The summed E-state index contributed by atoms with van der Waals surface area (Å²) in [4.78, 5) is 10.0. The Bertz CT molecular complexity index is 1070. The van der Waals surface area contributed by atoms with Crippen molar-refractivity contribution in [3.05, 3.63) is 81.6 Å². The minimum atomic E-state index is -3.95. The van der Waals surface area contributed by atoms with Crippen molar-refractivity contribution in [1.29, 1.82) is 0 Å². The van der Waals surface area contributed by atoms with Gasteiger partial charge in [-0.25, -0.2) is 8.42 Å². The van der Waals surface area contributed by atoms with Crippen LogP contribution in [0.15, 0.2) is 65.8 Å². The summed E-state index contributed by atoms with van der Waals surface area (Å²) in [7, 11) is -3.95. The SMILES string of the molecule is O=[N+]([O-])c1cccc(S(=O)(=O)Nc2cccc(Cn3cc(Cl)cn3)c2)c1. The van der Waals surface area contributed by atoms with Crippen molar-refractivity contribution in [3.8, 4) is 0 Å². The van der Waals surface area contributed by atoms with Crippen LogP contribution in [0.4, 0.5) is 11.4 Å². The van der Waals surface area contributed by atoms with Crippen LogP contribution in [0.3, 0.4) is 0 Å². The lowest BCUT2D eigenvalue weighted by atomic mass is 10.2. The van der Waals surface area contributed by atoms with Gasteiger partial charge in [0.2, 0.25) is 0 Å². The van der Waals surface area contributed by atoms with Crippen LogP contribution in [-0.2, 0) is 16.6 Å². The van der Waals surface area contributed by atoms with Crippen molar-refractivity contribution < 1.29 is 13.3 Å². The van der Waals surface area contributed by atoms with Gasteiger partial charge in [-0.3, -0.25) is 19.5 Å². The van der Waals surface area contributed by atoms with Crippen LogP contribution in [0.2, 0.25) is 5.02 Å². The Morgan fingerprint density at radius 1 is 1.19 bits per heavy atom. The molecule has 2 aromatic carbocycles. The summed E-state index contributed by atoms with van der Waals surface area (Å²) < 4.78 is 29.0. The number of hydrogen-bond acceptors (Lipinski definition) is 5. The average Bonchev–Trinajstić information content (AvgIpc) is 3.00. The lowest BCUT2D eigenvalue weighted by Gasteiger charge is -2.10. The summed E-state index contributed by atoms with van der Waals surface area (Å²) in [5.41, 5.74) is 0.855. The molecular formula is C16H13ClN4O4S. The molecule has 0 aliphatic heterocycles. The van der Waals surface area contributed by atoms with Gasteiger partial charge in [-0.2, -0.15) is 5.10 Å². The van der Waals surface area contributed by atoms with Crippen LogP contribution in [0.25, 0.3) is 0 Å². The van der Waals surface area contributed by atoms with E-state index in [2.05, 4.69) is 9.82 Å². The zero-order valence-corrected chi connectivity index (χ0v) is 14.8. The number of halogens is 1. The summed E-state index contributed by atoms with van der Waals surface area (Å²) >= 11 is 5.82. The lowest BCUT2D eigenvalue weighted by molar-refractivity contribution is -0.385. The average molecular weight is 393 g/mol. The van der Waals surface area contributed by atoms with Gasteiger partial charge in [0.05, 0.1) is 27.6 Å². The highest BCUT2D eigenvalue weighted by molar-refractivity contribution is 7.92. The summed E-state index contributed by atoms with van der Waals surface area (Å²) in [5, 5.41) is 15.4. The van der Waals surface area contributed by atoms with Crippen LogP contribution >= 0.6 is 11.6 Å². The molecule has 8 nitrogen and oxygen atoms in total. The molecule has 0 bridgehead atoms. The fraction of sp³-hybridized carbons (Fsp3) is 0.0625. The topological polar surface area (TPSA) is 107 Å². The van der Waals surface area contributed by atoms with Gasteiger partial charge < -0.3 is 0 Å². The van der Waals surface area contributed by atoms with E-state index in [1.807, 2.05) is 6.07 Å². The van der Waals surface area contributed by atoms with Crippen molar-refractivity contribution in [3.63, 3.8) is 0 Å².